The molecule has 26 heavy (non-hydrogen) atoms. The van der Waals surface area contributed by atoms with Crippen LogP contribution >= 0.6 is 11.6 Å². The Bertz CT molecular complexity index is 808. The Morgan fingerprint density at radius 1 is 1.31 bits per heavy atom. The lowest BCUT2D eigenvalue weighted by atomic mass is 10.0. The number of fused-ring (bicyclic) bond motifs is 1. The molecule has 5 nitrogen and oxygen atoms in total. The highest BCUT2D eigenvalue weighted by Crippen LogP contribution is 2.29. The van der Waals surface area contributed by atoms with E-state index in [1.165, 1.54) is 12.7 Å². The zero-order chi connectivity index (χ0) is 18.7. The van der Waals surface area contributed by atoms with E-state index in [-0.39, 0.29) is 11.9 Å². The predicted molar refractivity (Wildman–Crippen MR) is 102 cm³/mol. The van der Waals surface area contributed by atoms with Gasteiger partial charge in [-0.05, 0) is 49.5 Å². The number of methoxy groups -OCH3 is 1. The summed E-state index contributed by atoms with van der Waals surface area (Å²) >= 11 is 6.03. The maximum atomic E-state index is 12.6. The third kappa shape index (κ3) is 3.94. The normalized spacial score (nSPS) is 13.9. The van der Waals surface area contributed by atoms with Crippen molar-refractivity contribution < 1.29 is 14.3 Å². The Kier molecular flexibility index (Phi) is 5.69. The fraction of sp³-hybridized carbons (Fsp3) is 0.350. The average Bonchev–Trinajstić information content (AvgIpc) is 3.09. The summed E-state index contributed by atoms with van der Waals surface area (Å²) in [5.74, 6) is 1.25. The van der Waals surface area contributed by atoms with Crippen LogP contribution in [0.1, 0.15) is 27.5 Å². The number of halogens is 1. The Hall–Kier alpha value is -2.24. The molecule has 0 bridgehead atoms. The molecular weight excluding hydrogens is 352 g/mol. The second-order valence-electron chi connectivity index (χ2n) is 6.50. The van der Waals surface area contributed by atoms with E-state index in [0.29, 0.717) is 22.9 Å². The molecule has 1 aliphatic rings. The molecule has 0 spiro atoms. The topological polar surface area (TPSA) is 50.8 Å². The molecule has 1 aliphatic heterocycles. The van der Waals surface area contributed by atoms with E-state index >= 15 is 0 Å². The van der Waals surface area contributed by atoms with Gasteiger partial charge in [0.25, 0.3) is 5.91 Å². The van der Waals surface area contributed by atoms with Crippen molar-refractivity contribution >= 4 is 17.5 Å². The van der Waals surface area contributed by atoms with E-state index < -0.39 is 0 Å². The van der Waals surface area contributed by atoms with E-state index in [9.17, 15) is 4.79 Å². The van der Waals surface area contributed by atoms with Gasteiger partial charge in [0.1, 0.15) is 11.5 Å². The predicted octanol–water partition coefficient (Wildman–Crippen LogP) is 3.32. The van der Waals surface area contributed by atoms with Crippen LogP contribution in [0.3, 0.4) is 0 Å². The molecule has 0 saturated heterocycles. The van der Waals surface area contributed by atoms with E-state index in [0.717, 1.165) is 24.3 Å². The van der Waals surface area contributed by atoms with Crippen LogP contribution in [0.25, 0.3) is 0 Å². The Balaban J connectivity index is 1.75. The van der Waals surface area contributed by atoms with Crippen LogP contribution in [0.4, 0.5) is 0 Å². The lowest BCUT2D eigenvalue weighted by molar-refractivity contribution is 0.0939. The number of likely N-dealkylation sites (N-methyl/N-ethyl adjacent to an activating group) is 1. The second kappa shape index (κ2) is 7.98. The van der Waals surface area contributed by atoms with Crippen molar-refractivity contribution in [2.24, 2.45) is 0 Å². The molecule has 1 amide bonds. The van der Waals surface area contributed by atoms with Crippen LogP contribution in [0.2, 0.25) is 5.02 Å². The van der Waals surface area contributed by atoms with Gasteiger partial charge >= 0.3 is 0 Å². The van der Waals surface area contributed by atoms with Crippen LogP contribution in [-0.4, -0.2) is 45.2 Å². The number of hydrogen-bond acceptors (Lipinski definition) is 4. The smallest absolute Gasteiger partial charge is 0.255 e. The highest BCUT2D eigenvalue weighted by molar-refractivity contribution is 6.31. The standard InChI is InChI=1S/C20H23ClN2O3/c1-23(2)17(13-4-6-18-14(10-13)8-9-26-18)12-22-20(24)16-11-15(21)5-7-19(16)25-3/h4-7,10-11,17H,8-9,12H2,1-3H3,(H,22,24). The number of amides is 1. The molecule has 0 aromatic heterocycles. The Labute approximate surface area is 158 Å². The van der Waals surface area contributed by atoms with Crippen LogP contribution in [-0.2, 0) is 6.42 Å². The number of carbonyl (C=O) groups excluding carboxylic acids is 1. The van der Waals surface area contributed by atoms with E-state index in [4.69, 9.17) is 21.1 Å². The zero-order valence-corrected chi connectivity index (χ0v) is 16.0. The van der Waals surface area contributed by atoms with E-state index in [2.05, 4.69) is 22.3 Å². The number of rotatable bonds is 6. The van der Waals surface area contributed by atoms with Crippen molar-refractivity contribution in [3.05, 3.63) is 58.1 Å². The molecule has 0 saturated carbocycles. The maximum absolute atomic E-state index is 12.6. The minimum atomic E-state index is -0.208. The van der Waals surface area contributed by atoms with Gasteiger partial charge < -0.3 is 19.7 Å². The number of carbonyl (C=O) groups is 1. The minimum absolute atomic E-state index is 0.0510. The number of hydrogen-bond donors (Lipinski definition) is 1. The molecular formula is C20H23ClN2O3. The van der Waals surface area contributed by atoms with Crippen LogP contribution in [0.5, 0.6) is 11.5 Å². The van der Waals surface area contributed by atoms with Gasteiger partial charge in [0.05, 0.1) is 25.3 Å². The van der Waals surface area contributed by atoms with Crippen molar-refractivity contribution in [2.75, 3.05) is 34.4 Å². The van der Waals surface area contributed by atoms with Gasteiger partial charge in [-0.2, -0.15) is 0 Å². The Morgan fingerprint density at radius 3 is 2.85 bits per heavy atom. The first kappa shape index (κ1) is 18.5. The molecule has 0 radical (unpaired) electrons. The molecule has 0 fully saturated rings. The van der Waals surface area contributed by atoms with Gasteiger partial charge in [0.15, 0.2) is 0 Å². The van der Waals surface area contributed by atoms with Crippen molar-refractivity contribution in [1.29, 1.82) is 0 Å². The Morgan fingerprint density at radius 2 is 2.12 bits per heavy atom. The van der Waals surface area contributed by atoms with Crippen molar-refractivity contribution in [3.63, 3.8) is 0 Å². The second-order valence-corrected chi connectivity index (χ2v) is 6.94. The zero-order valence-electron chi connectivity index (χ0n) is 15.2. The maximum Gasteiger partial charge on any atom is 0.255 e. The molecule has 6 heteroatoms. The first-order chi connectivity index (χ1) is 12.5. The summed E-state index contributed by atoms with van der Waals surface area (Å²) in [5.41, 5.74) is 2.80. The summed E-state index contributed by atoms with van der Waals surface area (Å²) in [4.78, 5) is 14.7. The SMILES string of the molecule is COc1ccc(Cl)cc1C(=O)NCC(c1ccc2c(c1)CCO2)N(C)C. The quantitative estimate of drug-likeness (QED) is 0.842. The molecule has 1 unspecified atom stereocenters. The first-order valence-electron chi connectivity index (χ1n) is 8.53. The number of nitrogens with one attached hydrogen (secondary N) is 1. The fourth-order valence-corrected chi connectivity index (χ4v) is 3.33. The van der Waals surface area contributed by atoms with E-state index in [1.807, 2.05) is 20.2 Å². The van der Waals surface area contributed by atoms with Gasteiger partial charge in [-0.25, -0.2) is 0 Å². The first-order valence-corrected chi connectivity index (χ1v) is 8.91. The molecule has 2 aromatic rings. The lowest BCUT2D eigenvalue weighted by Gasteiger charge is -2.25. The lowest BCUT2D eigenvalue weighted by Crippen LogP contribution is -2.34. The largest absolute Gasteiger partial charge is 0.496 e. The molecule has 3 rings (SSSR count). The van der Waals surface area contributed by atoms with Gasteiger partial charge in [0.2, 0.25) is 0 Å². The van der Waals surface area contributed by atoms with Crippen molar-refractivity contribution in [1.82, 2.24) is 10.2 Å². The molecule has 1 N–H and O–H groups in total. The molecule has 2 aromatic carbocycles. The minimum Gasteiger partial charge on any atom is -0.496 e. The van der Waals surface area contributed by atoms with Gasteiger partial charge in [-0.15, -0.1) is 0 Å². The number of ether oxygens (including phenoxy) is 2. The molecule has 1 atom stereocenters. The van der Waals surface area contributed by atoms with Crippen LogP contribution < -0.4 is 14.8 Å². The summed E-state index contributed by atoms with van der Waals surface area (Å²) in [7, 11) is 5.54. The van der Waals surface area contributed by atoms with Gasteiger partial charge in [0, 0.05) is 18.0 Å². The number of benzene rings is 2. The number of nitrogens with zero attached hydrogens (tertiary/aromatic N) is 1. The summed E-state index contributed by atoms with van der Waals surface area (Å²) in [5, 5.41) is 3.50. The van der Waals surface area contributed by atoms with Crippen molar-refractivity contribution in [2.45, 2.75) is 12.5 Å². The van der Waals surface area contributed by atoms with Crippen molar-refractivity contribution in [3.8, 4) is 11.5 Å². The molecule has 0 aliphatic carbocycles. The fourth-order valence-electron chi connectivity index (χ4n) is 3.15. The van der Waals surface area contributed by atoms with Crippen LogP contribution in [0, 0.1) is 0 Å². The van der Waals surface area contributed by atoms with Gasteiger partial charge in [-0.3, -0.25) is 4.79 Å². The molecule has 138 valence electrons. The highest BCUT2D eigenvalue weighted by atomic mass is 35.5. The van der Waals surface area contributed by atoms with E-state index in [1.54, 1.807) is 18.2 Å². The van der Waals surface area contributed by atoms with Crippen LogP contribution in [0.15, 0.2) is 36.4 Å². The average molecular weight is 375 g/mol. The third-order valence-corrected chi connectivity index (χ3v) is 4.82. The summed E-state index contributed by atoms with van der Waals surface area (Å²) in [6.45, 7) is 1.21. The van der Waals surface area contributed by atoms with Gasteiger partial charge in [-0.1, -0.05) is 23.7 Å². The highest BCUT2D eigenvalue weighted by Gasteiger charge is 2.20. The summed E-state index contributed by atoms with van der Waals surface area (Å²) in [6, 6.07) is 11.3. The summed E-state index contributed by atoms with van der Waals surface area (Å²) in [6.07, 6.45) is 0.926. The third-order valence-electron chi connectivity index (χ3n) is 4.58. The molecule has 1 heterocycles. The monoisotopic (exact) mass is 374 g/mol. The summed E-state index contributed by atoms with van der Waals surface area (Å²) < 4.78 is 10.8.